The van der Waals surface area contributed by atoms with E-state index in [4.69, 9.17) is 0 Å². The number of fused-ring (bicyclic) bond motifs is 1. The van der Waals surface area contributed by atoms with Gasteiger partial charge in [0.25, 0.3) is 0 Å². The fourth-order valence-corrected chi connectivity index (χ4v) is 4.76. The van der Waals surface area contributed by atoms with E-state index in [1.165, 1.54) is 22.4 Å². The molecule has 2 unspecified atom stereocenters. The van der Waals surface area contributed by atoms with E-state index in [2.05, 4.69) is 52.5 Å². The lowest BCUT2D eigenvalue weighted by Crippen LogP contribution is -2.32. The van der Waals surface area contributed by atoms with Crippen LogP contribution in [-0.2, 0) is 22.9 Å². The molecule has 182 valence electrons. The van der Waals surface area contributed by atoms with Gasteiger partial charge >= 0.3 is 0 Å². The standard InChI is InChI=1S/C28H30N2O4S/c1-35(33,34)30-27-17-21(11-14-28(27)32)15-25(31)19-29-26(16-20-7-3-2-4-8-20)24-13-12-22-9-5-6-10-23(22)18-24/h2-14,17-18,25-26,29-32H,15-16,19H2,1H3. The first-order valence-electron chi connectivity index (χ1n) is 11.5. The molecule has 0 saturated carbocycles. The Balaban J connectivity index is 1.48. The summed E-state index contributed by atoms with van der Waals surface area (Å²) >= 11 is 0. The summed E-state index contributed by atoms with van der Waals surface area (Å²) in [4.78, 5) is 0. The fraction of sp³-hybridized carbons (Fsp3) is 0.214. The van der Waals surface area contributed by atoms with Gasteiger partial charge in [-0.3, -0.25) is 4.72 Å². The molecule has 4 rings (SSSR count). The van der Waals surface area contributed by atoms with E-state index in [9.17, 15) is 18.6 Å². The molecule has 0 heterocycles. The molecule has 0 aliphatic heterocycles. The number of sulfonamides is 1. The zero-order chi connectivity index (χ0) is 24.8. The predicted octanol–water partition coefficient (Wildman–Crippen LogP) is 4.39. The van der Waals surface area contributed by atoms with Crippen LogP contribution in [0.1, 0.15) is 22.7 Å². The molecule has 0 aromatic heterocycles. The molecule has 4 aromatic carbocycles. The van der Waals surface area contributed by atoms with E-state index >= 15 is 0 Å². The van der Waals surface area contributed by atoms with Crippen molar-refractivity contribution in [1.82, 2.24) is 5.32 Å². The molecular formula is C28H30N2O4S. The molecule has 0 bridgehead atoms. The van der Waals surface area contributed by atoms with Gasteiger partial charge in [-0.15, -0.1) is 0 Å². The normalized spacial score (nSPS) is 13.4. The van der Waals surface area contributed by atoms with Crippen molar-refractivity contribution in [2.75, 3.05) is 17.5 Å². The van der Waals surface area contributed by atoms with Crippen LogP contribution >= 0.6 is 0 Å². The van der Waals surface area contributed by atoms with Crippen LogP contribution in [0.3, 0.4) is 0 Å². The van der Waals surface area contributed by atoms with Gasteiger partial charge in [0, 0.05) is 12.6 Å². The minimum Gasteiger partial charge on any atom is -0.506 e. The number of phenols is 1. The molecular weight excluding hydrogens is 460 g/mol. The van der Waals surface area contributed by atoms with Crippen LogP contribution < -0.4 is 10.0 Å². The Morgan fingerprint density at radius 3 is 2.26 bits per heavy atom. The van der Waals surface area contributed by atoms with Crippen LogP contribution in [0.15, 0.2) is 91.0 Å². The van der Waals surface area contributed by atoms with E-state index in [-0.39, 0.29) is 17.5 Å². The Bertz CT molecular complexity index is 1390. The predicted molar refractivity (Wildman–Crippen MR) is 141 cm³/mol. The molecule has 0 radical (unpaired) electrons. The molecule has 35 heavy (non-hydrogen) atoms. The van der Waals surface area contributed by atoms with Gasteiger partial charge in [-0.2, -0.15) is 0 Å². The quantitative estimate of drug-likeness (QED) is 0.247. The van der Waals surface area contributed by atoms with Crippen molar-refractivity contribution in [3.05, 3.63) is 108 Å². The van der Waals surface area contributed by atoms with E-state index in [1.807, 2.05) is 30.3 Å². The highest BCUT2D eigenvalue weighted by Gasteiger charge is 2.16. The second-order valence-corrected chi connectivity index (χ2v) is 10.6. The van der Waals surface area contributed by atoms with E-state index in [1.54, 1.807) is 12.1 Å². The van der Waals surface area contributed by atoms with Gasteiger partial charge in [0.15, 0.2) is 0 Å². The summed E-state index contributed by atoms with van der Waals surface area (Å²) < 4.78 is 25.4. The zero-order valence-electron chi connectivity index (χ0n) is 19.6. The molecule has 0 saturated heterocycles. The minimum absolute atomic E-state index is 0.000985. The Morgan fingerprint density at radius 2 is 1.51 bits per heavy atom. The fourth-order valence-electron chi connectivity index (χ4n) is 4.20. The number of phenolic OH excluding ortho intramolecular Hbond substituents is 1. The SMILES string of the molecule is CS(=O)(=O)Nc1cc(CC(O)CNC(Cc2ccccc2)c2ccc3ccccc3c2)ccc1O. The van der Waals surface area contributed by atoms with Crippen molar-refractivity contribution in [3.63, 3.8) is 0 Å². The van der Waals surface area contributed by atoms with Gasteiger partial charge < -0.3 is 15.5 Å². The summed E-state index contributed by atoms with van der Waals surface area (Å²) in [5.74, 6) is -0.161. The number of hydrogen-bond acceptors (Lipinski definition) is 5. The van der Waals surface area contributed by atoms with Crippen molar-refractivity contribution in [3.8, 4) is 5.75 Å². The van der Waals surface area contributed by atoms with Crippen molar-refractivity contribution in [1.29, 1.82) is 0 Å². The molecule has 6 nitrogen and oxygen atoms in total. The summed E-state index contributed by atoms with van der Waals surface area (Å²) in [6, 6.07) is 29.6. The van der Waals surface area contributed by atoms with Crippen LogP contribution in [0.2, 0.25) is 0 Å². The first kappa shape index (κ1) is 24.7. The smallest absolute Gasteiger partial charge is 0.229 e. The number of aliphatic hydroxyl groups is 1. The molecule has 0 spiro atoms. The lowest BCUT2D eigenvalue weighted by Gasteiger charge is -2.22. The number of hydrogen-bond donors (Lipinski definition) is 4. The van der Waals surface area contributed by atoms with Gasteiger partial charge in [0.2, 0.25) is 10.0 Å². The number of anilines is 1. The Morgan fingerprint density at radius 1 is 0.800 bits per heavy atom. The Labute approximate surface area is 206 Å². The second-order valence-electron chi connectivity index (χ2n) is 8.84. The summed E-state index contributed by atoms with van der Waals surface area (Å²) in [6.45, 7) is 0.347. The molecule has 4 N–H and O–H groups in total. The summed E-state index contributed by atoms with van der Waals surface area (Å²) in [5.41, 5.74) is 3.16. The maximum absolute atomic E-state index is 11.5. The number of aromatic hydroxyl groups is 1. The largest absolute Gasteiger partial charge is 0.506 e. The van der Waals surface area contributed by atoms with Crippen molar-refractivity contribution in [2.24, 2.45) is 0 Å². The van der Waals surface area contributed by atoms with Crippen LogP contribution in [-0.4, -0.2) is 37.5 Å². The summed E-state index contributed by atoms with van der Waals surface area (Å²) in [6.07, 6.45) is 1.40. The third-order valence-corrected chi connectivity index (χ3v) is 6.48. The number of rotatable bonds is 10. The highest BCUT2D eigenvalue weighted by Crippen LogP contribution is 2.26. The topological polar surface area (TPSA) is 98.7 Å². The number of aliphatic hydroxyl groups excluding tert-OH is 1. The van der Waals surface area contributed by atoms with Crippen molar-refractivity contribution >= 4 is 26.5 Å². The Kier molecular flexibility index (Phi) is 7.70. The number of benzene rings is 4. The molecule has 4 aromatic rings. The molecule has 0 fully saturated rings. The summed E-state index contributed by atoms with van der Waals surface area (Å²) in [5, 5.41) is 26.6. The van der Waals surface area contributed by atoms with Crippen molar-refractivity contribution < 1.29 is 18.6 Å². The molecule has 2 atom stereocenters. The van der Waals surface area contributed by atoms with Gasteiger partial charge in [-0.05, 0) is 58.5 Å². The van der Waals surface area contributed by atoms with Crippen LogP contribution in [0.5, 0.6) is 5.75 Å². The maximum atomic E-state index is 11.5. The van der Waals surface area contributed by atoms with Crippen molar-refractivity contribution in [2.45, 2.75) is 25.0 Å². The third-order valence-electron chi connectivity index (χ3n) is 5.89. The second kappa shape index (κ2) is 10.9. The number of nitrogens with one attached hydrogen (secondary N) is 2. The van der Waals surface area contributed by atoms with Gasteiger partial charge in [-0.25, -0.2) is 8.42 Å². The molecule has 7 heteroatoms. The van der Waals surface area contributed by atoms with Gasteiger partial charge in [0.1, 0.15) is 5.75 Å². The zero-order valence-corrected chi connectivity index (χ0v) is 20.4. The van der Waals surface area contributed by atoms with E-state index in [0.717, 1.165) is 18.2 Å². The van der Waals surface area contributed by atoms with E-state index < -0.39 is 16.1 Å². The molecule has 0 amide bonds. The summed E-state index contributed by atoms with van der Waals surface area (Å²) in [7, 11) is -3.53. The first-order valence-corrected chi connectivity index (χ1v) is 13.4. The Hall–Kier alpha value is -3.39. The van der Waals surface area contributed by atoms with E-state index in [0.29, 0.717) is 18.5 Å². The molecule has 0 aliphatic rings. The lowest BCUT2D eigenvalue weighted by molar-refractivity contribution is 0.167. The van der Waals surface area contributed by atoms with Crippen LogP contribution in [0.4, 0.5) is 5.69 Å². The maximum Gasteiger partial charge on any atom is 0.229 e. The average Bonchev–Trinajstić information content (AvgIpc) is 2.83. The average molecular weight is 491 g/mol. The molecule has 0 aliphatic carbocycles. The van der Waals surface area contributed by atoms with Crippen LogP contribution in [0, 0.1) is 0 Å². The highest BCUT2D eigenvalue weighted by molar-refractivity contribution is 7.92. The highest BCUT2D eigenvalue weighted by atomic mass is 32.2. The first-order chi connectivity index (χ1) is 16.8. The van der Waals surface area contributed by atoms with Gasteiger partial charge in [-0.1, -0.05) is 72.8 Å². The monoisotopic (exact) mass is 490 g/mol. The third kappa shape index (κ3) is 7.05. The lowest BCUT2D eigenvalue weighted by atomic mass is 9.96. The minimum atomic E-state index is -3.53. The van der Waals surface area contributed by atoms with Gasteiger partial charge in [0.05, 0.1) is 18.0 Å². The van der Waals surface area contributed by atoms with Crippen LogP contribution in [0.25, 0.3) is 10.8 Å².